The Bertz CT molecular complexity index is 238. The Morgan fingerprint density at radius 2 is 1.89 bits per heavy atom. The molecule has 1 unspecified atom stereocenters. The summed E-state index contributed by atoms with van der Waals surface area (Å²) in [7, 11) is 0. The van der Waals surface area contributed by atoms with Crippen LogP contribution >= 0.6 is 0 Å². The highest BCUT2D eigenvalue weighted by Gasteiger charge is 2.40. The highest BCUT2D eigenvalue weighted by Crippen LogP contribution is 2.39. The van der Waals surface area contributed by atoms with E-state index in [4.69, 9.17) is 4.74 Å². The van der Waals surface area contributed by atoms with Crippen molar-refractivity contribution in [3.63, 3.8) is 0 Å². The van der Waals surface area contributed by atoms with Crippen molar-refractivity contribution in [1.82, 2.24) is 5.32 Å². The molecule has 0 radical (unpaired) electrons. The molecule has 0 aromatic rings. The fraction of sp³-hybridized carbons (Fsp3) is 1.00. The second-order valence-electron chi connectivity index (χ2n) is 6.59. The van der Waals surface area contributed by atoms with Gasteiger partial charge in [0.1, 0.15) is 0 Å². The molecule has 1 N–H and O–H groups in total. The Hall–Kier alpha value is -0.0800. The molecule has 0 saturated heterocycles. The van der Waals surface area contributed by atoms with Gasteiger partial charge in [0.15, 0.2) is 0 Å². The SMILES string of the molecule is CCCNC(CCC1CC1)C1(OCC)CCCCC1. The summed E-state index contributed by atoms with van der Waals surface area (Å²) in [4.78, 5) is 0. The molecule has 2 fully saturated rings. The van der Waals surface area contributed by atoms with Crippen LogP contribution in [0.2, 0.25) is 0 Å². The first kappa shape index (κ1) is 15.3. The largest absolute Gasteiger partial charge is 0.374 e. The summed E-state index contributed by atoms with van der Waals surface area (Å²) in [6.07, 6.45) is 13.6. The predicted molar refractivity (Wildman–Crippen MR) is 81.5 cm³/mol. The molecular weight excluding hydrogens is 234 g/mol. The van der Waals surface area contributed by atoms with Crippen LogP contribution < -0.4 is 5.32 Å². The fourth-order valence-electron chi connectivity index (χ4n) is 3.71. The van der Waals surface area contributed by atoms with Gasteiger partial charge in [-0.2, -0.15) is 0 Å². The van der Waals surface area contributed by atoms with E-state index in [-0.39, 0.29) is 5.60 Å². The van der Waals surface area contributed by atoms with E-state index in [1.54, 1.807) is 0 Å². The van der Waals surface area contributed by atoms with Crippen molar-refractivity contribution < 1.29 is 4.74 Å². The maximum Gasteiger partial charge on any atom is 0.0834 e. The predicted octanol–water partition coefficient (Wildman–Crippen LogP) is 4.28. The molecule has 2 aliphatic rings. The van der Waals surface area contributed by atoms with E-state index in [0.29, 0.717) is 6.04 Å². The first-order chi connectivity index (χ1) is 9.30. The van der Waals surface area contributed by atoms with E-state index in [0.717, 1.165) is 19.1 Å². The minimum Gasteiger partial charge on any atom is -0.374 e. The van der Waals surface area contributed by atoms with Crippen molar-refractivity contribution >= 4 is 0 Å². The van der Waals surface area contributed by atoms with Crippen LogP contribution in [0.25, 0.3) is 0 Å². The third-order valence-corrected chi connectivity index (χ3v) is 4.97. The molecule has 0 heterocycles. The number of ether oxygens (including phenoxy) is 1. The monoisotopic (exact) mass is 267 g/mol. The second-order valence-corrected chi connectivity index (χ2v) is 6.59. The van der Waals surface area contributed by atoms with E-state index < -0.39 is 0 Å². The van der Waals surface area contributed by atoms with Gasteiger partial charge in [0.25, 0.3) is 0 Å². The zero-order valence-corrected chi connectivity index (χ0v) is 13.0. The van der Waals surface area contributed by atoms with E-state index in [9.17, 15) is 0 Å². The normalized spacial score (nSPS) is 24.3. The Morgan fingerprint density at radius 1 is 1.16 bits per heavy atom. The molecule has 1 atom stereocenters. The quantitative estimate of drug-likeness (QED) is 0.673. The summed E-state index contributed by atoms with van der Waals surface area (Å²) in [5.74, 6) is 1.04. The van der Waals surface area contributed by atoms with Crippen LogP contribution in [0.4, 0.5) is 0 Å². The molecule has 0 bridgehead atoms. The highest BCUT2D eigenvalue weighted by molar-refractivity contribution is 4.96. The molecular formula is C17H33NO. The zero-order chi connectivity index (χ0) is 13.6. The van der Waals surface area contributed by atoms with Crippen LogP contribution in [-0.4, -0.2) is 24.8 Å². The van der Waals surface area contributed by atoms with Gasteiger partial charge < -0.3 is 10.1 Å². The number of hydrogen-bond donors (Lipinski definition) is 1. The lowest BCUT2D eigenvalue weighted by atomic mass is 9.77. The van der Waals surface area contributed by atoms with Gasteiger partial charge in [0, 0.05) is 12.6 Å². The summed E-state index contributed by atoms with van der Waals surface area (Å²) >= 11 is 0. The van der Waals surface area contributed by atoms with Gasteiger partial charge in [-0.05, 0) is 51.5 Å². The minimum atomic E-state index is 0.150. The van der Waals surface area contributed by atoms with Crippen LogP contribution in [0.3, 0.4) is 0 Å². The fourth-order valence-corrected chi connectivity index (χ4v) is 3.71. The molecule has 2 aliphatic carbocycles. The molecule has 0 aliphatic heterocycles. The Morgan fingerprint density at radius 3 is 2.47 bits per heavy atom. The summed E-state index contributed by atoms with van der Waals surface area (Å²) in [6, 6.07) is 0.591. The van der Waals surface area contributed by atoms with Crippen molar-refractivity contribution in [2.45, 2.75) is 89.7 Å². The number of rotatable bonds is 9. The standard InChI is InChI=1S/C17H33NO/c1-3-14-18-16(11-10-15-8-9-15)17(19-4-2)12-6-5-7-13-17/h15-16,18H,3-14H2,1-2H3. The third kappa shape index (κ3) is 4.46. The summed E-state index contributed by atoms with van der Waals surface area (Å²) < 4.78 is 6.32. The number of hydrogen-bond acceptors (Lipinski definition) is 2. The van der Waals surface area contributed by atoms with Gasteiger partial charge in [-0.1, -0.05) is 39.0 Å². The Labute approximate surface area is 119 Å². The van der Waals surface area contributed by atoms with Gasteiger partial charge >= 0.3 is 0 Å². The maximum atomic E-state index is 6.32. The van der Waals surface area contributed by atoms with E-state index in [1.165, 1.54) is 64.2 Å². The average Bonchev–Trinajstić information content (AvgIpc) is 3.24. The van der Waals surface area contributed by atoms with E-state index in [2.05, 4.69) is 19.2 Å². The van der Waals surface area contributed by atoms with Crippen LogP contribution in [-0.2, 0) is 4.74 Å². The van der Waals surface area contributed by atoms with Crippen molar-refractivity contribution in [3.8, 4) is 0 Å². The lowest BCUT2D eigenvalue weighted by Crippen LogP contribution is -2.54. The van der Waals surface area contributed by atoms with Crippen molar-refractivity contribution in [2.24, 2.45) is 5.92 Å². The molecule has 112 valence electrons. The Balaban J connectivity index is 1.96. The van der Waals surface area contributed by atoms with Gasteiger partial charge in [-0.3, -0.25) is 0 Å². The van der Waals surface area contributed by atoms with Gasteiger partial charge in [-0.25, -0.2) is 0 Å². The van der Waals surface area contributed by atoms with Gasteiger partial charge in [0.2, 0.25) is 0 Å². The summed E-state index contributed by atoms with van der Waals surface area (Å²) in [6.45, 7) is 6.44. The first-order valence-corrected chi connectivity index (χ1v) is 8.68. The summed E-state index contributed by atoms with van der Waals surface area (Å²) in [5, 5.41) is 3.82. The van der Waals surface area contributed by atoms with Gasteiger partial charge in [-0.15, -0.1) is 0 Å². The molecule has 0 amide bonds. The second kappa shape index (κ2) is 7.64. The minimum absolute atomic E-state index is 0.150. The zero-order valence-electron chi connectivity index (χ0n) is 13.0. The molecule has 2 nitrogen and oxygen atoms in total. The maximum absolute atomic E-state index is 6.32. The third-order valence-electron chi connectivity index (χ3n) is 4.97. The Kier molecular flexibility index (Phi) is 6.15. The van der Waals surface area contributed by atoms with Crippen molar-refractivity contribution in [1.29, 1.82) is 0 Å². The van der Waals surface area contributed by atoms with E-state index in [1.807, 2.05) is 0 Å². The lowest BCUT2D eigenvalue weighted by Gasteiger charge is -2.44. The summed E-state index contributed by atoms with van der Waals surface area (Å²) in [5.41, 5.74) is 0.150. The van der Waals surface area contributed by atoms with Gasteiger partial charge in [0.05, 0.1) is 5.60 Å². The highest BCUT2D eigenvalue weighted by atomic mass is 16.5. The molecule has 2 heteroatoms. The topological polar surface area (TPSA) is 21.3 Å². The molecule has 19 heavy (non-hydrogen) atoms. The molecule has 2 rings (SSSR count). The van der Waals surface area contributed by atoms with Crippen LogP contribution in [0.15, 0.2) is 0 Å². The van der Waals surface area contributed by atoms with Crippen molar-refractivity contribution in [3.05, 3.63) is 0 Å². The molecule has 0 spiro atoms. The molecule has 2 saturated carbocycles. The van der Waals surface area contributed by atoms with E-state index >= 15 is 0 Å². The first-order valence-electron chi connectivity index (χ1n) is 8.68. The van der Waals surface area contributed by atoms with Crippen LogP contribution in [0.5, 0.6) is 0 Å². The van der Waals surface area contributed by atoms with Crippen molar-refractivity contribution in [2.75, 3.05) is 13.2 Å². The number of nitrogens with one attached hydrogen (secondary N) is 1. The lowest BCUT2D eigenvalue weighted by molar-refractivity contribution is -0.0919. The molecule has 0 aromatic heterocycles. The van der Waals surface area contributed by atoms with Crippen LogP contribution in [0.1, 0.15) is 78.1 Å². The molecule has 0 aromatic carbocycles. The van der Waals surface area contributed by atoms with Crippen LogP contribution in [0, 0.1) is 5.92 Å². The smallest absolute Gasteiger partial charge is 0.0834 e. The average molecular weight is 267 g/mol.